The summed E-state index contributed by atoms with van der Waals surface area (Å²) in [5, 5.41) is 0. The van der Waals surface area contributed by atoms with E-state index in [4.69, 9.17) is 10.5 Å². The molecule has 1 rings (SSSR count). The fraction of sp³-hybridized carbons (Fsp3) is 0.538. The first kappa shape index (κ1) is 18.9. The molecule has 0 aliphatic carbocycles. The molecule has 126 valence electrons. The largest absolute Gasteiger partial charge is 0.493 e. The molecule has 1 aromatic carbocycles. The zero-order chi connectivity index (χ0) is 16.8. The highest BCUT2D eigenvalue weighted by Gasteiger charge is 2.16. The van der Waals surface area contributed by atoms with Gasteiger partial charge in [0.2, 0.25) is 10.0 Å². The SMILES string of the molecule is CCS(=O)(=O)CCOc1ccc(S(=O)(=O)N[C@@H](C)CN)cc1. The standard InChI is InChI=1S/C13H22N2O5S2/c1-3-21(16,17)9-8-20-12-4-6-13(7-5-12)22(18,19)15-11(2)10-14/h4-7,11,15H,3,8-10,14H2,1-2H3/t11-/m0/s1. The van der Waals surface area contributed by atoms with Crippen LogP contribution in [0.25, 0.3) is 0 Å². The highest BCUT2D eigenvalue weighted by atomic mass is 32.2. The fourth-order valence-electron chi connectivity index (χ4n) is 1.53. The van der Waals surface area contributed by atoms with Gasteiger partial charge in [0.25, 0.3) is 0 Å². The van der Waals surface area contributed by atoms with Crippen molar-refractivity contribution in [3.8, 4) is 5.75 Å². The second kappa shape index (κ2) is 7.91. The van der Waals surface area contributed by atoms with Crippen molar-refractivity contribution in [2.24, 2.45) is 5.73 Å². The van der Waals surface area contributed by atoms with Gasteiger partial charge < -0.3 is 10.5 Å². The smallest absolute Gasteiger partial charge is 0.240 e. The van der Waals surface area contributed by atoms with Crippen molar-refractivity contribution in [2.45, 2.75) is 24.8 Å². The molecule has 0 aromatic heterocycles. The molecule has 9 heteroatoms. The molecular weight excluding hydrogens is 328 g/mol. The lowest BCUT2D eigenvalue weighted by molar-refractivity contribution is 0.340. The number of benzene rings is 1. The molecule has 0 spiro atoms. The highest BCUT2D eigenvalue weighted by Crippen LogP contribution is 2.16. The first-order chi connectivity index (χ1) is 10.2. The van der Waals surface area contributed by atoms with Gasteiger partial charge in [-0.15, -0.1) is 0 Å². The van der Waals surface area contributed by atoms with E-state index in [2.05, 4.69) is 4.72 Å². The van der Waals surface area contributed by atoms with E-state index in [-0.39, 0.29) is 35.6 Å². The van der Waals surface area contributed by atoms with Crippen molar-refractivity contribution in [2.75, 3.05) is 24.7 Å². The molecule has 0 amide bonds. The van der Waals surface area contributed by atoms with Crippen LogP contribution in [0.3, 0.4) is 0 Å². The van der Waals surface area contributed by atoms with Gasteiger partial charge in [-0.3, -0.25) is 0 Å². The van der Waals surface area contributed by atoms with E-state index in [0.717, 1.165) is 0 Å². The van der Waals surface area contributed by atoms with Gasteiger partial charge in [0.1, 0.15) is 12.4 Å². The number of rotatable bonds is 9. The third-order valence-corrected chi connectivity index (χ3v) is 6.22. The quantitative estimate of drug-likeness (QED) is 0.654. The second-order valence-corrected chi connectivity index (χ2v) is 9.00. The summed E-state index contributed by atoms with van der Waals surface area (Å²) in [5.74, 6) is 0.412. The molecule has 0 aliphatic rings. The maximum atomic E-state index is 12.0. The molecule has 0 unspecified atom stereocenters. The Hall–Kier alpha value is -1.16. The number of ether oxygens (including phenoxy) is 1. The van der Waals surface area contributed by atoms with E-state index in [1.165, 1.54) is 24.3 Å². The van der Waals surface area contributed by atoms with Crippen molar-refractivity contribution in [1.29, 1.82) is 0 Å². The van der Waals surface area contributed by atoms with Crippen LogP contribution in [0.2, 0.25) is 0 Å². The minimum absolute atomic E-state index is 0.0325. The molecule has 1 aromatic rings. The Labute approximate surface area is 131 Å². The first-order valence-electron chi connectivity index (χ1n) is 6.86. The minimum Gasteiger partial charge on any atom is -0.493 e. The number of hydrogen-bond donors (Lipinski definition) is 2. The molecule has 0 saturated carbocycles. The third-order valence-electron chi connectivity index (χ3n) is 2.95. The number of sulfonamides is 1. The van der Waals surface area contributed by atoms with Crippen molar-refractivity contribution < 1.29 is 21.6 Å². The predicted octanol–water partition coefficient (Wildman–Crippen LogP) is 0.126. The zero-order valence-corrected chi connectivity index (χ0v) is 14.3. The summed E-state index contributed by atoms with van der Waals surface area (Å²) < 4.78 is 54.4. The van der Waals surface area contributed by atoms with Crippen LogP contribution in [0.1, 0.15) is 13.8 Å². The van der Waals surface area contributed by atoms with Crippen LogP contribution < -0.4 is 15.2 Å². The van der Waals surface area contributed by atoms with Crippen LogP contribution >= 0.6 is 0 Å². The number of nitrogens with two attached hydrogens (primary N) is 1. The number of nitrogens with one attached hydrogen (secondary N) is 1. The molecule has 22 heavy (non-hydrogen) atoms. The van der Waals surface area contributed by atoms with Crippen LogP contribution in [0.4, 0.5) is 0 Å². The van der Waals surface area contributed by atoms with Gasteiger partial charge in [-0.05, 0) is 31.2 Å². The van der Waals surface area contributed by atoms with Gasteiger partial charge in [0.05, 0.1) is 10.6 Å². The maximum absolute atomic E-state index is 12.0. The Kier molecular flexibility index (Phi) is 6.79. The van der Waals surface area contributed by atoms with Crippen LogP contribution in [0.5, 0.6) is 5.75 Å². The molecule has 0 radical (unpaired) electrons. The Morgan fingerprint density at radius 2 is 1.77 bits per heavy atom. The summed E-state index contributed by atoms with van der Waals surface area (Å²) in [5.41, 5.74) is 5.39. The third kappa shape index (κ3) is 5.91. The van der Waals surface area contributed by atoms with Crippen LogP contribution in [-0.2, 0) is 19.9 Å². The summed E-state index contributed by atoms with van der Waals surface area (Å²) in [6.07, 6.45) is 0. The molecule has 0 bridgehead atoms. The van der Waals surface area contributed by atoms with Gasteiger partial charge >= 0.3 is 0 Å². The zero-order valence-electron chi connectivity index (χ0n) is 12.7. The fourth-order valence-corrected chi connectivity index (χ4v) is 3.41. The summed E-state index contributed by atoms with van der Waals surface area (Å²) >= 11 is 0. The van der Waals surface area contributed by atoms with Crippen molar-refractivity contribution in [3.05, 3.63) is 24.3 Å². The van der Waals surface area contributed by atoms with Crippen molar-refractivity contribution in [1.82, 2.24) is 4.72 Å². The molecule has 0 saturated heterocycles. The van der Waals surface area contributed by atoms with Gasteiger partial charge in [-0.25, -0.2) is 21.6 Å². The summed E-state index contributed by atoms with van der Waals surface area (Å²) in [6.45, 7) is 3.48. The van der Waals surface area contributed by atoms with E-state index in [1.807, 2.05) is 0 Å². The maximum Gasteiger partial charge on any atom is 0.240 e. The van der Waals surface area contributed by atoms with Gasteiger partial charge in [-0.2, -0.15) is 0 Å². The average molecular weight is 350 g/mol. The highest BCUT2D eigenvalue weighted by molar-refractivity contribution is 7.91. The number of sulfone groups is 1. The molecule has 0 fully saturated rings. The summed E-state index contributed by atoms with van der Waals surface area (Å²) in [6, 6.07) is 5.41. The van der Waals surface area contributed by atoms with E-state index in [0.29, 0.717) is 5.75 Å². The summed E-state index contributed by atoms with van der Waals surface area (Å²) in [4.78, 5) is 0.0985. The average Bonchev–Trinajstić information content (AvgIpc) is 2.47. The van der Waals surface area contributed by atoms with Crippen LogP contribution in [0, 0.1) is 0 Å². The van der Waals surface area contributed by atoms with Gasteiger partial charge in [0, 0.05) is 18.3 Å². The van der Waals surface area contributed by atoms with E-state index < -0.39 is 19.9 Å². The lowest BCUT2D eigenvalue weighted by atomic mass is 10.3. The Bertz CT molecular complexity index is 669. The van der Waals surface area contributed by atoms with E-state index >= 15 is 0 Å². The molecule has 0 aliphatic heterocycles. The summed E-state index contributed by atoms with van der Waals surface area (Å²) in [7, 11) is -6.70. The lowest BCUT2D eigenvalue weighted by Gasteiger charge is -2.12. The predicted molar refractivity (Wildman–Crippen MR) is 85.1 cm³/mol. The topological polar surface area (TPSA) is 116 Å². The second-order valence-electron chi connectivity index (χ2n) is 4.81. The molecule has 7 nitrogen and oxygen atoms in total. The van der Waals surface area contributed by atoms with Gasteiger partial charge in [0.15, 0.2) is 9.84 Å². The number of hydrogen-bond acceptors (Lipinski definition) is 6. The Morgan fingerprint density at radius 1 is 1.18 bits per heavy atom. The van der Waals surface area contributed by atoms with E-state index in [1.54, 1.807) is 13.8 Å². The Balaban J connectivity index is 2.67. The van der Waals surface area contributed by atoms with Crippen LogP contribution in [0.15, 0.2) is 29.2 Å². The van der Waals surface area contributed by atoms with Crippen molar-refractivity contribution in [3.63, 3.8) is 0 Å². The van der Waals surface area contributed by atoms with E-state index in [9.17, 15) is 16.8 Å². The normalized spacial score (nSPS) is 13.8. The van der Waals surface area contributed by atoms with Gasteiger partial charge in [-0.1, -0.05) is 6.92 Å². The van der Waals surface area contributed by atoms with Crippen LogP contribution in [-0.4, -0.2) is 47.5 Å². The lowest BCUT2D eigenvalue weighted by Crippen LogP contribution is -2.37. The minimum atomic E-state index is -3.62. The van der Waals surface area contributed by atoms with Crippen molar-refractivity contribution >= 4 is 19.9 Å². The molecular formula is C13H22N2O5S2. The molecule has 3 N–H and O–H groups in total. The first-order valence-corrected chi connectivity index (χ1v) is 10.2. The monoisotopic (exact) mass is 350 g/mol. The molecule has 0 heterocycles. The Morgan fingerprint density at radius 3 is 2.27 bits per heavy atom. The molecule has 1 atom stereocenters.